The summed E-state index contributed by atoms with van der Waals surface area (Å²) >= 11 is 0. The van der Waals surface area contributed by atoms with Gasteiger partial charge >= 0.3 is 5.97 Å². The molecule has 1 aliphatic carbocycles. The van der Waals surface area contributed by atoms with Gasteiger partial charge in [-0.15, -0.1) is 6.58 Å². The number of nitrogens with zero attached hydrogens (tertiary/aromatic N) is 2. The third-order valence-electron chi connectivity index (χ3n) is 8.33. The van der Waals surface area contributed by atoms with Crippen molar-refractivity contribution < 1.29 is 29.0 Å². The molecule has 4 aliphatic rings. The van der Waals surface area contributed by atoms with E-state index >= 15 is 0 Å². The van der Waals surface area contributed by atoms with Gasteiger partial charge in [0.2, 0.25) is 11.8 Å². The molecule has 0 aromatic carbocycles. The number of hydrogen-bond donors (Lipinski definition) is 1. The lowest BCUT2D eigenvalue weighted by atomic mass is 9.70. The Kier molecular flexibility index (Phi) is 8.32. The molecule has 0 radical (unpaired) electrons. The highest BCUT2D eigenvalue weighted by Gasteiger charge is 2.75. The first-order chi connectivity index (χ1) is 17.0. The summed E-state index contributed by atoms with van der Waals surface area (Å²) in [5.41, 5.74) is -0.998. The number of unbranched alkanes of at least 4 members (excludes halogenated alkanes) is 2. The van der Waals surface area contributed by atoms with Crippen molar-refractivity contribution in [3.05, 3.63) is 25.3 Å². The van der Waals surface area contributed by atoms with Crippen LogP contribution < -0.4 is 0 Å². The largest absolute Gasteiger partial charge is 0.461 e. The van der Waals surface area contributed by atoms with Crippen molar-refractivity contribution in [3.63, 3.8) is 0 Å². The van der Waals surface area contributed by atoms with Crippen LogP contribution in [0.5, 0.6) is 0 Å². The number of likely N-dealkylation sites (tertiary alicyclic amines) is 1. The van der Waals surface area contributed by atoms with E-state index < -0.39 is 35.6 Å². The number of ether oxygens (including phenoxy) is 2. The lowest BCUT2D eigenvalue weighted by molar-refractivity contribution is -0.154. The maximum Gasteiger partial charge on any atom is 0.312 e. The smallest absolute Gasteiger partial charge is 0.312 e. The van der Waals surface area contributed by atoms with E-state index in [0.29, 0.717) is 38.8 Å². The Morgan fingerprint density at radius 1 is 1.14 bits per heavy atom. The van der Waals surface area contributed by atoms with Gasteiger partial charge in [-0.3, -0.25) is 14.4 Å². The predicted octanol–water partition coefficient (Wildman–Crippen LogP) is 2.60. The molecule has 8 heteroatoms. The molecule has 194 valence electrons. The highest BCUT2D eigenvalue weighted by molar-refractivity contribution is 5.98. The fraction of sp³-hybridized carbons (Fsp3) is 0.741. The first-order valence-corrected chi connectivity index (χ1v) is 13.3. The third kappa shape index (κ3) is 4.67. The highest BCUT2D eigenvalue weighted by Crippen LogP contribution is 2.59. The molecular formula is C27H40N2O6. The average molecular weight is 489 g/mol. The zero-order valence-electron chi connectivity index (χ0n) is 20.7. The fourth-order valence-corrected chi connectivity index (χ4v) is 6.86. The van der Waals surface area contributed by atoms with Crippen LogP contribution in [0.25, 0.3) is 0 Å². The van der Waals surface area contributed by atoms with Crippen molar-refractivity contribution in [2.75, 3.05) is 26.3 Å². The molecule has 2 unspecified atom stereocenters. The van der Waals surface area contributed by atoms with Crippen LogP contribution >= 0.6 is 0 Å². The van der Waals surface area contributed by atoms with E-state index in [0.717, 1.165) is 32.1 Å². The van der Waals surface area contributed by atoms with Crippen molar-refractivity contribution in [1.29, 1.82) is 0 Å². The minimum absolute atomic E-state index is 0.0813. The third-order valence-corrected chi connectivity index (χ3v) is 8.33. The molecule has 1 spiro atoms. The summed E-state index contributed by atoms with van der Waals surface area (Å²) in [6.07, 6.45) is 11.4. The molecule has 4 rings (SSSR count). The molecule has 3 heterocycles. The lowest BCUT2D eigenvalue weighted by Crippen LogP contribution is -2.58. The highest BCUT2D eigenvalue weighted by atomic mass is 16.6. The van der Waals surface area contributed by atoms with Gasteiger partial charge in [-0.1, -0.05) is 38.0 Å². The van der Waals surface area contributed by atoms with Crippen molar-refractivity contribution >= 4 is 17.8 Å². The van der Waals surface area contributed by atoms with Gasteiger partial charge in [0.25, 0.3) is 0 Å². The molecule has 3 saturated heterocycles. The molecule has 4 fully saturated rings. The first kappa shape index (κ1) is 25.9. The molecule has 2 bridgehead atoms. The number of aliphatic hydroxyl groups excluding tert-OH is 1. The van der Waals surface area contributed by atoms with E-state index in [1.807, 2.05) is 4.90 Å². The summed E-state index contributed by atoms with van der Waals surface area (Å²) in [6, 6.07) is -0.624. The Labute approximate surface area is 208 Å². The summed E-state index contributed by atoms with van der Waals surface area (Å²) in [6.45, 7) is 8.51. The predicted molar refractivity (Wildman–Crippen MR) is 130 cm³/mol. The monoisotopic (exact) mass is 488 g/mol. The average Bonchev–Trinajstić information content (AvgIpc) is 3.51. The van der Waals surface area contributed by atoms with Gasteiger partial charge in [-0.2, -0.15) is 0 Å². The summed E-state index contributed by atoms with van der Waals surface area (Å²) in [5, 5.41) is 9.18. The Morgan fingerprint density at radius 2 is 1.91 bits per heavy atom. The Hall–Kier alpha value is -2.19. The van der Waals surface area contributed by atoms with Gasteiger partial charge in [0, 0.05) is 25.7 Å². The minimum atomic E-state index is -0.998. The normalized spacial score (nSPS) is 31.9. The van der Waals surface area contributed by atoms with E-state index in [4.69, 9.17) is 9.47 Å². The van der Waals surface area contributed by atoms with E-state index in [-0.39, 0.29) is 31.1 Å². The van der Waals surface area contributed by atoms with Crippen molar-refractivity contribution in [3.8, 4) is 0 Å². The van der Waals surface area contributed by atoms with Crippen LogP contribution in [0.3, 0.4) is 0 Å². The van der Waals surface area contributed by atoms with Crippen LogP contribution in [-0.2, 0) is 23.9 Å². The minimum Gasteiger partial charge on any atom is -0.461 e. The van der Waals surface area contributed by atoms with Crippen LogP contribution in [0.2, 0.25) is 0 Å². The fourth-order valence-electron chi connectivity index (χ4n) is 6.86. The van der Waals surface area contributed by atoms with Gasteiger partial charge in [-0.05, 0) is 44.9 Å². The molecule has 8 nitrogen and oxygen atoms in total. The van der Waals surface area contributed by atoms with Gasteiger partial charge in [0.05, 0.1) is 17.9 Å². The van der Waals surface area contributed by atoms with Crippen LogP contribution in [0.1, 0.15) is 64.2 Å². The second-order valence-corrected chi connectivity index (χ2v) is 10.4. The molecule has 35 heavy (non-hydrogen) atoms. The first-order valence-electron chi connectivity index (χ1n) is 13.3. The summed E-state index contributed by atoms with van der Waals surface area (Å²) in [5.74, 6) is -2.12. The van der Waals surface area contributed by atoms with E-state index in [9.17, 15) is 19.5 Å². The number of rotatable bonds is 12. The van der Waals surface area contributed by atoms with Gasteiger partial charge < -0.3 is 24.4 Å². The van der Waals surface area contributed by atoms with Crippen LogP contribution in [0.15, 0.2) is 25.3 Å². The Morgan fingerprint density at radius 3 is 2.60 bits per heavy atom. The van der Waals surface area contributed by atoms with E-state index in [1.54, 1.807) is 11.0 Å². The molecule has 1 saturated carbocycles. The van der Waals surface area contributed by atoms with Gasteiger partial charge in [0.1, 0.15) is 18.2 Å². The van der Waals surface area contributed by atoms with Gasteiger partial charge in [-0.25, -0.2) is 0 Å². The number of carbonyl (C=O) groups is 3. The Balaban J connectivity index is 1.66. The number of aliphatic hydroxyl groups is 1. The number of amides is 2. The van der Waals surface area contributed by atoms with Gasteiger partial charge in [0.15, 0.2) is 0 Å². The van der Waals surface area contributed by atoms with E-state index in [1.165, 1.54) is 12.5 Å². The topological polar surface area (TPSA) is 96.4 Å². The van der Waals surface area contributed by atoms with Crippen molar-refractivity contribution in [2.45, 2.75) is 88.0 Å². The molecule has 0 aromatic heterocycles. The molecular weight excluding hydrogens is 448 g/mol. The zero-order chi connectivity index (χ0) is 25.0. The van der Waals surface area contributed by atoms with Crippen LogP contribution in [0.4, 0.5) is 0 Å². The molecule has 5 atom stereocenters. The molecule has 0 aromatic rings. The van der Waals surface area contributed by atoms with Crippen molar-refractivity contribution in [2.24, 2.45) is 11.8 Å². The molecule has 2 amide bonds. The lowest BCUT2D eigenvalue weighted by Gasteiger charge is -2.40. The molecule has 3 aliphatic heterocycles. The summed E-state index contributed by atoms with van der Waals surface area (Å²) < 4.78 is 11.8. The van der Waals surface area contributed by atoms with Crippen LogP contribution in [-0.4, -0.2) is 82.8 Å². The maximum atomic E-state index is 14.3. The number of esters is 1. The second-order valence-electron chi connectivity index (χ2n) is 10.4. The Bertz CT molecular complexity index is 824. The second kappa shape index (κ2) is 11.2. The maximum absolute atomic E-state index is 14.3. The number of fused-ring (bicyclic) bond motifs is 1. The quantitative estimate of drug-likeness (QED) is 0.258. The SMILES string of the molecule is C=CCOC(=O)[C@@H]1[C@H]2C(=O)N(CCCCCO)C(C(=O)N(CC=C)C3CCCCC3)C23CC[C@H]1O3. The van der Waals surface area contributed by atoms with Crippen molar-refractivity contribution in [1.82, 2.24) is 9.80 Å². The summed E-state index contributed by atoms with van der Waals surface area (Å²) in [4.78, 5) is 44.7. The van der Waals surface area contributed by atoms with E-state index in [2.05, 4.69) is 13.2 Å². The standard InChI is InChI=1S/C27H40N2O6/c1-3-15-28(19-11-7-5-8-12-19)25(32)23-27-14-13-20(35-27)21(26(33)34-18-4-2)22(27)24(31)29(23)16-9-6-10-17-30/h3-4,19-23,30H,1-2,5-18H2/t20-,21+,22+,23?,27?/m1/s1. The number of carbonyl (C=O) groups excluding carboxylic acids is 3. The summed E-state index contributed by atoms with van der Waals surface area (Å²) in [7, 11) is 0. The zero-order valence-corrected chi connectivity index (χ0v) is 20.7. The van der Waals surface area contributed by atoms with Crippen LogP contribution in [0, 0.1) is 11.8 Å². The number of hydrogen-bond acceptors (Lipinski definition) is 6. The molecule has 1 N–H and O–H groups in total.